The van der Waals surface area contributed by atoms with Gasteiger partial charge in [-0.05, 0) is 38.8 Å². The van der Waals surface area contributed by atoms with Gasteiger partial charge in [-0.25, -0.2) is 13.1 Å². The van der Waals surface area contributed by atoms with Crippen molar-refractivity contribution >= 4 is 21.6 Å². The Balaban J connectivity index is 2.01. The second-order valence-corrected chi connectivity index (χ2v) is 8.10. The van der Waals surface area contributed by atoms with Crippen molar-refractivity contribution in [2.24, 2.45) is 0 Å². The maximum atomic E-state index is 12.8. The van der Waals surface area contributed by atoms with Gasteiger partial charge in [0.15, 0.2) is 5.69 Å². The van der Waals surface area contributed by atoms with Gasteiger partial charge in [0.2, 0.25) is 10.0 Å². The number of benzene rings is 1. The van der Waals surface area contributed by atoms with Gasteiger partial charge in [0.1, 0.15) is 0 Å². The Morgan fingerprint density at radius 3 is 2.42 bits per heavy atom. The summed E-state index contributed by atoms with van der Waals surface area (Å²) in [5, 5.41) is 3.04. The van der Waals surface area contributed by atoms with E-state index in [2.05, 4.69) is 9.82 Å². The monoisotopic (exact) mass is 409 g/mol. The summed E-state index contributed by atoms with van der Waals surface area (Å²) in [7, 11) is -3.68. The molecule has 144 valence electrons. The second-order valence-electron chi connectivity index (χ2n) is 5.99. The molecule has 0 unspecified atom stereocenters. The maximum Gasteiger partial charge on any atom is 0.436 e. The standard InChI is InChI=1S/C16H19ClF3N3O2S/c1-10-5-6-13(11(2)9-10)26(24,25)21-7-4-8-23-12(3)14(17)15(22-23)16(18,19)20/h5-6,9,21H,4,7-8H2,1-3H3. The van der Waals surface area contributed by atoms with Crippen LogP contribution in [0.2, 0.25) is 5.02 Å². The van der Waals surface area contributed by atoms with Crippen LogP contribution in [0.5, 0.6) is 0 Å². The van der Waals surface area contributed by atoms with Crippen molar-refractivity contribution in [2.75, 3.05) is 6.54 Å². The molecular weight excluding hydrogens is 391 g/mol. The highest BCUT2D eigenvalue weighted by atomic mass is 35.5. The molecule has 0 spiro atoms. The Morgan fingerprint density at radius 1 is 1.23 bits per heavy atom. The average Bonchev–Trinajstić information content (AvgIpc) is 2.79. The summed E-state index contributed by atoms with van der Waals surface area (Å²) in [6, 6.07) is 5.00. The van der Waals surface area contributed by atoms with Gasteiger partial charge in [-0.2, -0.15) is 18.3 Å². The fourth-order valence-corrected chi connectivity index (χ4v) is 4.08. The molecule has 10 heteroatoms. The van der Waals surface area contributed by atoms with E-state index in [4.69, 9.17) is 11.6 Å². The maximum absolute atomic E-state index is 12.8. The molecule has 0 aliphatic rings. The van der Waals surface area contributed by atoms with Gasteiger partial charge in [0, 0.05) is 13.1 Å². The predicted octanol–water partition coefficient (Wildman–Crippen LogP) is 3.85. The van der Waals surface area contributed by atoms with E-state index in [1.807, 2.05) is 6.92 Å². The first-order valence-electron chi connectivity index (χ1n) is 7.80. The van der Waals surface area contributed by atoms with E-state index in [1.165, 1.54) is 13.0 Å². The average molecular weight is 410 g/mol. The summed E-state index contributed by atoms with van der Waals surface area (Å²) in [6.07, 6.45) is -4.36. The van der Waals surface area contributed by atoms with Gasteiger partial charge in [0.25, 0.3) is 0 Å². The molecule has 1 aromatic heterocycles. The third-order valence-corrected chi connectivity index (χ3v) is 5.93. The number of aromatic nitrogens is 2. The van der Waals surface area contributed by atoms with Gasteiger partial charge in [0.05, 0.1) is 15.6 Å². The van der Waals surface area contributed by atoms with E-state index >= 15 is 0 Å². The minimum Gasteiger partial charge on any atom is -0.268 e. The molecule has 0 saturated heterocycles. The zero-order valence-corrected chi connectivity index (χ0v) is 16.1. The zero-order valence-electron chi connectivity index (χ0n) is 14.5. The van der Waals surface area contributed by atoms with Crippen molar-refractivity contribution in [2.45, 2.75) is 44.8 Å². The number of nitrogens with one attached hydrogen (secondary N) is 1. The molecule has 26 heavy (non-hydrogen) atoms. The number of hydrogen-bond acceptors (Lipinski definition) is 3. The lowest BCUT2D eigenvalue weighted by molar-refractivity contribution is -0.141. The topological polar surface area (TPSA) is 64.0 Å². The number of halogens is 4. The number of aryl methyl sites for hydroxylation is 3. The molecule has 0 fully saturated rings. The Bertz CT molecular complexity index is 908. The highest BCUT2D eigenvalue weighted by Gasteiger charge is 2.38. The molecule has 1 heterocycles. The molecule has 2 aromatic rings. The minimum absolute atomic E-state index is 0.0634. The van der Waals surface area contributed by atoms with Gasteiger partial charge in [-0.15, -0.1) is 0 Å². The van der Waals surface area contributed by atoms with Crippen molar-refractivity contribution in [1.82, 2.24) is 14.5 Å². The van der Waals surface area contributed by atoms with Crippen LogP contribution >= 0.6 is 11.6 Å². The summed E-state index contributed by atoms with van der Waals surface area (Å²) in [6.45, 7) is 5.17. The molecule has 0 bridgehead atoms. The van der Waals surface area contributed by atoms with Gasteiger partial charge in [-0.1, -0.05) is 29.3 Å². The molecule has 5 nitrogen and oxygen atoms in total. The molecule has 2 rings (SSSR count). The normalized spacial score (nSPS) is 12.6. The Hall–Kier alpha value is -1.58. The van der Waals surface area contributed by atoms with Crippen LogP contribution in [0.4, 0.5) is 13.2 Å². The molecule has 1 aromatic carbocycles. The van der Waals surface area contributed by atoms with Gasteiger partial charge < -0.3 is 0 Å². The summed E-state index contributed by atoms with van der Waals surface area (Å²) < 4.78 is 66.6. The summed E-state index contributed by atoms with van der Waals surface area (Å²) in [5.41, 5.74) is 0.638. The second kappa shape index (κ2) is 7.58. The Morgan fingerprint density at radius 2 is 1.88 bits per heavy atom. The van der Waals surface area contributed by atoms with E-state index in [0.717, 1.165) is 10.2 Å². The van der Waals surface area contributed by atoms with Crippen molar-refractivity contribution in [1.29, 1.82) is 0 Å². The fraction of sp³-hybridized carbons (Fsp3) is 0.438. The lowest BCUT2D eigenvalue weighted by atomic mass is 10.2. The highest BCUT2D eigenvalue weighted by molar-refractivity contribution is 7.89. The van der Waals surface area contributed by atoms with Crippen LogP contribution in [0.3, 0.4) is 0 Å². The van der Waals surface area contributed by atoms with E-state index in [1.54, 1.807) is 19.1 Å². The summed E-state index contributed by atoms with van der Waals surface area (Å²) in [5.74, 6) is 0. The van der Waals surface area contributed by atoms with E-state index in [0.29, 0.717) is 5.56 Å². The number of rotatable bonds is 6. The lowest BCUT2D eigenvalue weighted by Gasteiger charge is -2.10. The van der Waals surface area contributed by atoms with Crippen LogP contribution in [0.1, 0.15) is 28.9 Å². The Labute approximate surface area is 155 Å². The first-order valence-corrected chi connectivity index (χ1v) is 9.66. The Kier molecular flexibility index (Phi) is 6.04. The van der Waals surface area contributed by atoms with Gasteiger partial charge >= 0.3 is 6.18 Å². The van der Waals surface area contributed by atoms with Crippen LogP contribution < -0.4 is 4.72 Å². The molecule has 1 N–H and O–H groups in total. The van der Waals surface area contributed by atoms with Crippen molar-refractivity contribution in [3.63, 3.8) is 0 Å². The molecule has 0 aliphatic carbocycles. The van der Waals surface area contributed by atoms with Crippen molar-refractivity contribution in [3.8, 4) is 0 Å². The molecular formula is C16H19ClF3N3O2S. The van der Waals surface area contributed by atoms with Crippen molar-refractivity contribution < 1.29 is 21.6 Å². The third kappa shape index (κ3) is 4.57. The first-order chi connectivity index (χ1) is 11.9. The summed E-state index contributed by atoms with van der Waals surface area (Å²) in [4.78, 5) is 0.181. The van der Waals surface area contributed by atoms with Crippen LogP contribution in [-0.2, 0) is 22.7 Å². The van der Waals surface area contributed by atoms with Crippen LogP contribution in [0, 0.1) is 20.8 Å². The number of alkyl halides is 3. The molecule has 0 atom stereocenters. The van der Waals surface area contributed by atoms with E-state index in [9.17, 15) is 21.6 Å². The first kappa shape index (κ1) is 20.7. The van der Waals surface area contributed by atoms with E-state index < -0.39 is 26.9 Å². The minimum atomic E-state index is -4.63. The lowest BCUT2D eigenvalue weighted by Crippen LogP contribution is -2.26. The SMILES string of the molecule is Cc1ccc(S(=O)(=O)NCCCn2nc(C(F)(F)F)c(Cl)c2C)c(C)c1. The molecule has 0 radical (unpaired) electrons. The number of sulfonamides is 1. The van der Waals surface area contributed by atoms with Crippen molar-refractivity contribution in [3.05, 3.63) is 45.7 Å². The van der Waals surface area contributed by atoms with Crippen LogP contribution in [-0.4, -0.2) is 24.7 Å². The summed E-state index contributed by atoms with van der Waals surface area (Å²) >= 11 is 5.68. The highest BCUT2D eigenvalue weighted by Crippen LogP contribution is 2.35. The molecule has 0 aliphatic heterocycles. The third-order valence-electron chi connectivity index (χ3n) is 3.86. The van der Waals surface area contributed by atoms with Gasteiger partial charge in [-0.3, -0.25) is 4.68 Å². The van der Waals surface area contributed by atoms with E-state index in [-0.39, 0.29) is 30.1 Å². The molecule has 0 amide bonds. The largest absolute Gasteiger partial charge is 0.436 e. The predicted molar refractivity (Wildman–Crippen MR) is 92.7 cm³/mol. The smallest absolute Gasteiger partial charge is 0.268 e. The molecule has 0 saturated carbocycles. The van der Waals surface area contributed by atoms with Crippen LogP contribution in [0.25, 0.3) is 0 Å². The number of nitrogens with zero attached hydrogens (tertiary/aromatic N) is 2. The quantitative estimate of drug-likeness (QED) is 0.737. The number of hydrogen-bond donors (Lipinski definition) is 1. The van der Waals surface area contributed by atoms with Crippen LogP contribution in [0.15, 0.2) is 23.1 Å². The fourth-order valence-electron chi connectivity index (χ4n) is 2.54. The zero-order chi connectivity index (χ0) is 19.7.